The molecule has 2 N–H and O–H groups in total. The first-order valence-corrected chi connectivity index (χ1v) is 5.52. The van der Waals surface area contributed by atoms with Crippen molar-refractivity contribution in [3.05, 3.63) is 41.0 Å². The molecule has 5 heteroatoms. The highest BCUT2D eigenvalue weighted by Crippen LogP contribution is 2.28. The van der Waals surface area contributed by atoms with Crippen LogP contribution in [0.3, 0.4) is 0 Å². The first-order chi connectivity index (χ1) is 8.49. The summed E-state index contributed by atoms with van der Waals surface area (Å²) in [5.41, 5.74) is 6.83. The van der Waals surface area contributed by atoms with Gasteiger partial charge in [0.25, 0.3) is 0 Å². The van der Waals surface area contributed by atoms with Crippen LogP contribution in [0.2, 0.25) is 0 Å². The number of nitrogens with zero attached hydrogens (tertiary/aromatic N) is 2. The minimum atomic E-state index is -0.397. The second-order valence-corrected chi connectivity index (χ2v) is 4.08. The molecule has 0 bridgehead atoms. The number of ether oxygens (including phenoxy) is 1. The van der Waals surface area contributed by atoms with Crippen molar-refractivity contribution in [1.82, 2.24) is 9.97 Å². The minimum absolute atomic E-state index is 0.135. The fourth-order valence-electron chi connectivity index (χ4n) is 1.53. The van der Waals surface area contributed by atoms with Crippen LogP contribution in [0.4, 0.5) is 10.2 Å². The molecule has 2 aromatic rings. The third kappa shape index (κ3) is 2.25. The number of aromatic nitrogens is 2. The largest absolute Gasteiger partial charge is 0.435 e. The van der Waals surface area contributed by atoms with Gasteiger partial charge in [-0.2, -0.15) is 4.98 Å². The average Bonchev–Trinajstić information content (AvgIpc) is 2.31. The lowest BCUT2D eigenvalue weighted by Crippen LogP contribution is -2.03. The Morgan fingerprint density at radius 3 is 2.61 bits per heavy atom. The topological polar surface area (TPSA) is 61.0 Å². The number of nitrogens with two attached hydrogens (primary N) is 1. The van der Waals surface area contributed by atoms with Crippen molar-refractivity contribution in [3.63, 3.8) is 0 Å². The van der Waals surface area contributed by atoms with Crippen molar-refractivity contribution >= 4 is 5.82 Å². The zero-order chi connectivity index (χ0) is 13.3. The van der Waals surface area contributed by atoms with Crippen LogP contribution in [-0.4, -0.2) is 9.97 Å². The fourth-order valence-corrected chi connectivity index (χ4v) is 1.53. The summed E-state index contributed by atoms with van der Waals surface area (Å²) in [5, 5.41) is 0. The molecular weight excluding hydrogens is 233 g/mol. The number of nitrogen functional groups attached to an aromatic ring is 1. The maximum atomic E-state index is 13.8. The molecule has 0 aliphatic carbocycles. The Labute approximate surface area is 105 Å². The van der Waals surface area contributed by atoms with Gasteiger partial charge in [0.2, 0.25) is 5.88 Å². The Kier molecular flexibility index (Phi) is 3.14. The third-order valence-electron chi connectivity index (χ3n) is 2.61. The Balaban J connectivity index is 2.43. The van der Waals surface area contributed by atoms with Crippen molar-refractivity contribution in [2.45, 2.75) is 20.8 Å². The van der Waals surface area contributed by atoms with Gasteiger partial charge in [-0.3, -0.25) is 0 Å². The average molecular weight is 247 g/mol. The minimum Gasteiger partial charge on any atom is -0.435 e. The number of hydrogen-bond acceptors (Lipinski definition) is 4. The Morgan fingerprint density at radius 1 is 1.17 bits per heavy atom. The smallest absolute Gasteiger partial charge is 0.227 e. The summed E-state index contributed by atoms with van der Waals surface area (Å²) in [6.07, 6.45) is 0. The van der Waals surface area contributed by atoms with Gasteiger partial charge in [-0.1, -0.05) is 12.1 Å². The number of hydrogen-bond donors (Lipinski definition) is 1. The monoisotopic (exact) mass is 247 g/mol. The van der Waals surface area contributed by atoms with E-state index in [9.17, 15) is 4.39 Å². The van der Waals surface area contributed by atoms with Gasteiger partial charge >= 0.3 is 0 Å². The van der Waals surface area contributed by atoms with Crippen LogP contribution in [-0.2, 0) is 0 Å². The second kappa shape index (κ2) is 4.60. The molecule has 0 fully saturated rings. The molecule has 0 aliphatic heterocycles. The van der Waals surface area contributed by atoms with Crippen LogP contribution in [0.15, 0.2) is 18.2 Å². The van der Waals surface area contributed by atoms with E-state index in [2.05, 4.69) is 9.97 Å². The molecule has 0 unspecified atom stereocenters. The fraction of sp³-hybridized carbons (Fsp3) is 0.231. The lowest BCUT2D eigenvalue weighted by Gasteiger charge is -2.11. The van der Waals surface area contributed by atoms with Gasteiger partial charge in [-0.15, -0.1) is 0 Å². The summed E-state index contributed by atoms with van der Waals surface area (Å²) >= 11 is 0. The van der Waals surface area contributed by atoms with E-state index >= 15 is 0 Å². The first-order valence-electron chi connectivity index (χ1n) is 5.52. The van der Waals surface area contributed by atoms with Gasteiger partial charge in [0.05, 0.1) is 5.56 Å². The highest BCUT2D eigenvalue weighted by Gasteiger charge is 2.12. The van der Waals surface area contributed by atoms with Crippen molar-refractivity contribution in [1.29, 1.82) is 0 Å². The molecular formula is C13H14FN3O. The van der Waals surface area contributed by atoms with Gasteiger partial charge in [0.1, 0.15) is 11.6 Å². The summed E-state index contributed by atoms with van der Waals surface area (Å²) in [7, 11) is 0. The third-order valence-corrected chi connectivity index (χ3v) is 2.61. The maximum absolute atomic E-state index is 13.8. The predicted octanol–water partition coefficient (Wildman–Crippen LogP) is 2.92. The van der Waals surface area contributed by atoms with E-state index in [0.29, 0.717) is 22.8 Å². The number of halogens is 1. The van der Waals surface area contributed by atoms with Gasteiger partial charge in [0, 0.05) is 0 Å². The zero-order valence-electron chi connectivity index (χ0n) is 10.5. The molecule has 18 heavy (non-hydrogen) atoms. The normalized spacial score (nSPS) is 10.4. The van der Waals surface area contributed by atoms with Crippen LogP contribution in [0.25, 0.3) is 0 Å². The number of rotatable bonds is 2. The Bertz CT molecular complexity index is 599. The Hall–Kier alpha value is -2.17. The van der Waals surface area contributed by atoms with Gasteiger partial charge in [0.15, 0.2) is 11.6 Å². The van der Waals surface area contributed by atoms with Gasteiger partial charge in [-0.05, 0) is 32.4 Å². The van der Waals surface area contributed by atoms with Crippen LogP contribution in [0.1, 0.15) is 17.0 Å². The van der Waals surface area contributed by atoms with E-state index in [0.717, 1.165) is 0 Å². The molecule has 2 rings (SSSR count). The lowest BCUT2D eigenvalue weighted by atomic mass is 10.2. The molecule has 0 spiro atoms. The number of aryl methyl sites for hydroxylation is 2. The lowest BCUT2D eigenvalue weighted by molar-refractivity contribution is 0.421. The van der Waals surface area contributed by atoms with Crippen LogP contribution < -0.4 is 10.5 Å². The SMILES string of the molecule is Cc1nc(N)c(C)c(Oc2cccc(C)c2F)n1. The summed E-state index contributed by atoms with van der Waals surface area (Å²) in [6, 6.07) is 4.95. The molecule has 0 radical (unpaired) electrons. The van der Waals surface area contributed by atoms with Crippen LogP contribution in [0.5, 0.6) is 11.6 Å². The first kappa shape index (κ1) is 12.3. The molecule has 1 heterocycles. The van der Waals surface area contributed by atoms with Crippen LogP contribution >= 0.6 is 0 Å². The standard InChI is InChI=1S/C13H14FN3O/c1-7-5-4-6-10(11(7)14)18-13-8(2)12(15)16-9(3)17-13/h4-6H,1-3H3,(H2,15,16,17). The maximum Gasteiger partial charge on any atom is 0.227 e. The van der Waals surface area contributed by atoms with E-state index in [1.54, 1.807) is 39.0 Å². The number of benzene rings is 1. The second-order valence-electron chi connectivity index (χ2n) is 4.08. The molecule has 94 valence electrons. The van der Waals surface area contributed by atoms with E-state index in [-0.39, 0.29) is 11.6 Å². The molecule has 0 atom stereocenters. The van der Waals surface area contributed by atoms with E-state index in [4.69, 9.17) is 10.5 Å². The molecule has 0 saturated heterocycles. The van der Waals surface area contributed by atoms with Crippen molar-refractivity contribution in [3.8, 4) is 11.6 Å². The van der Waals surface area contributed by atoms with E-state index in [1.807, 2.05) is 0 Å². The molecule has 1 aromatic heterocycles. The summed E-state index contributed by atoms with van der Waals surface area (Å²) in [4.78, 5) is 8.13. The van der Waals surface area contributed by atoms with Crippen LogP contribution in [0, 0.1) is 26.6 Å². The van der Waals surface area contributed by atoms with E-state index < -0.39 is 5.82 Å². The quantitative estimate of drug-likeness (QED) is 0.886. The summed E-state index contributed by atoms with van der Waals surface area (Å²) in [5.74, 6) is 0.846. The highest BCUT2D eigenvalue weighted by molar-refractivity contribution is 5.46. The predicted molar refractivity (Wildman–Crippen MR) is 67.1 cm³/mol. The summed E-state index contributed by atoms with van der Waals surface area (Å²) < 4.78 is 19.3. The molecule has 0 amide bonds. The molecule has 0 aliphatic rings. The highest BCUT2D eigenvalue weighted by atomic mass is 19.1. The summed E-state index contributed by atoms with van der Waals surface area (Å²) in [6.45, 7) is 5.11. The van der Waals surface area contributed by atoms with E-state index in [1.165, 1.54) is 0 Å². The van der Waals surface area contributed by atoms with Crippen molar-refractivity contribution < 1.29 is 9.13 Å². The Morgan fingerprint density at radius 2 is 1.89 bits per heavy atom. The molecule has 4 nitrogen and oxygen atoms in total. The van der Waals surface area contributed by atoms with Crippen molar-refractivity contribution in [2.24, 2.45) is 0 Å². The molecule has 1 aromatic carbocycles. The van der Waals surface area contributed by atoms with Gasteiger partial charge in [-0.25, -0.2) is 9.37 Å². The molecule has 0 saturated carbocycles. The zero-order valence-corrected chi connectivity index (χ0v) is 10.5. The van der Waals surface area contributed by atoms with Gasteiger partial charge < -0.3 is 10.5 Å². The van der Waals surface area contributed by atoms with Crippen molar-refractivity contribution in [2.75, 3.05) is 5.73 Å². The number of anilines is 1.